The molecule has 0 aromatic carbocycles. The van der Waals surface area contributed by atoms with Crippen LogP contribution in [0.25, 0.3) is 0 Å². The smallest absolute Gasteiger partial charge is 0.222 e. The monoisotopic (exact) mass is 182 g/mol. The van der Waals surface area contributed by atoms with E-state index in [1.165, 1.54) is 6.33 Å². The fourth-order valence-electron chi connectivity index (χ4n) is 0.995. The fraction of sp³-hybridized carbons (Fsp3) is 0.625. The molecule has 72 valence electrons. The molecule has 0 N–H and O–H groups in total. The molecular formula is C8H14N4O. The molecule has 0 fully saturated rings. The third kappa shape index (κ3) is 2.85. The minimum absolute atomic E-state index is 0.153. The van der Waals surface area contributed by atoms with E-state index in [0.717, 1.165) is 0 Å². The average Bonchev–Trinajstić information content (AvgIpc) is 2.65. The van der Waals surface area contributed by atoms with Crippen molar-refractivity contribution in [2.45, 2.75) is 19.9 Å². The van der Waals surface area contributed by atoms with Crippen LogP contribution in [0.3, 0.4) is 0 Å². The first-order chi connectivity index (χ1) is 6.24. The standard InChI is InChI=1S/C8H14N4O/c1-3-8(13)11(2)4-5-12-7-9-6-10-12/h6-7H,3-5H2,1-2H3. The maximum atomic E-state index is 11.2. The summed E-state index contributed by atoms with van der Waals surface area (Å²) >= 11 is 0. The van der Waals surface area contributed by atoms with Crippen LogP contribution in [-0.4, -0.2) is 39.2 Å². The quantitative estimate of drug-likeness (QED) is 0.666. The molecule has 0 unspecified atom stereocenters. The summed E-state index contributed by atoms with van der Waals surface area (Å²) in [6.45, 7) is 3.23. The first-order valence-corrected chi connectivity index (χ1v) is 4.30. The van der Waals surface area contributed by atoms with Gasteiger partial charge < -0.3 is 4.90 Å². The largest absolute Gasteiger partial charge is 0.344 e. The number of rotatable bonds is 4. The van der Waals surface area contributed by atoms with Crippen LogP contribution in [0.4, 0.5) is 0 Å². The number of hydrogen-bond donors (Lipinski definition) is 0. The van der Waals surface area contributed by atoms with Crippen molar-refractivity contribution < 1.29 is 4.79 Å². The summed E-state index contributed by atoms with van der Waals surface area (Å²) in [6, 6.07) is 0. The number of likely N-dealkylation sites (N-methyl/N-ethyl adjacent to an activating group) is 1. The molecule has 0 spiro atoms. The Labute approximate surface area is 77.4 Å². The van der Waals surface area contributed by atoms with Crippen molar-refractivity contribution in [1.29, 1.82) is 0 Å². The molecule has 0 saturated carbocycles. The highest BCUT2D eigenvalue weighted by molar-refractivity contribution is 5.75. The number of hydrogen-bond acceptors (Lipinski definition) is 3. The summed E-state index contributed by atoms with van der Waals surface area (Å²) in [7, 11) is 1.79. The predicted octanol–water partition coefficient (Wildman–Crippen LogP) is 0.146. The normalized spacial score (nSPS) is 10.0. The molecule has 5 nitrogen and oxygen atoms in total. The number of aromatic nitrogens is 3. The van der Waals surface area contributed by atoms with E-state index < -0.39 is 0 Å². The van der Waals surface area contributed by atoms with Gasteiger partial charge in [0, 0.05) is 20.0 Å². The average molecular weight is 182 g/mol. The topological polar surface area (TPSA) is 51.0 Å². The van der Waals surface area contributed by atoms with Gasteiger partial charge in [0.15, 0.2) is 0 Å². The Morgan fingerprint density at radius 2 is 2.38 bits per heavy atom. The molecule has 0 saturated heterocycles. The van der Waals surface area contributed by atoms with E-state index in [2.05, 4.69) is 10.1 Å². The highest BCUT2D eigenvalue weighted by Gasteiger charge is 2.04. The van der Waals surface area contributed by atoms with Crippen molar-refractivity contribution in [2.24, 2.45) is 0 Å². The van der Waals surface area contributed by atoms with E-state index in [1.807, 2.05) is 6.92 Å². The lowest BCUT2D eigenvalue weighted by Crippen LogP contribution is -2.29. The van der Waals surface area contributed by atoms with Crippen LogP contribution in [-0.2, 0) is 11.3 Å². The van der Waals surface area contributed by atoms with E-state index in [0.29, 0.717) is 19.5 Å². The molecule has 1 aromatic heterocycles. The van der Waals surface area contributed by atoms with E-state index >= 15 is 0 Å². The predicted molar refractivity (Wildman–Crippen MR) is 48.0 cm³/mol. The Bertz CT molecular complexity index is 257. The van der Waals surface area contributed by atoms with Gasteiger partial charge in [-0.15, -0.1) is 0 Å². The van der Waals surface area contributed by atoms with Gasteiger partial charge in [0.1, 0.15) is 12.7 Å². The van der Waals surface area contributed by atoms with Crippen molar-refractivity contribution >= 4 is 5.91 Å². The van der Waals surface area contributed by atoms with Crippen LogP contribution in [0.5, 0.6) is 0 Å². The van der Waals surface area contributed by atoms with Gasteiger partial charge in [-0.2, -0.15) is 5.10 Å². The third-order valence-corrected chi connectivity index (χ3v) is 1.86. The molecule has 1 heterocycles. The zero-order valence-corrected chi connectivity index (χ0v) is 7.97. The lowest BCUT2D eigenvalue weighted by atomic mass is 10.4. The lowest BCUT2D eigenvalue weighted by molar-refractivity contribution is -0.129. The van der Waals surface area contributed by atoms with Crippen LogP contribution < -0.4 is 0 Å². The first kappa shape index (κ1) is 9.70. The molecule has 0 aliphatic heterocycles. The van der Waals surface area contributed by atoms with Crippen molar-refractivity contribution in [2.75, 3.05) is 13.6 Å². The summed E-state index contributed by atoms with van der Waals surface area (Å²) < 4.78 is 1.71. The summed E-state index contributed by atoms with van der Waals surface area (Å²) in [6.07, 6.45) is 3.68. The second-order valence-electron chi connectivity index (χ2n) is 2.83. The Morgan fingerprint density at radius 1 is 1.62 bits per heavy atom. The molecular weight excluding hydrogens is 168 g/mol. The van der Waals surface area contributed by atoms with Gasteiger partial charge in [-0.05, 0) is 0 Å². The van der Waals surface area contributed by atoms with Crippen molar-refractivity contribution in [3.63, 3.8) is 0 Å². The Balaban J connectivity index is 2.30. The van der Waals surface area contributed by atoms with Crippen LogP contribution in [0.15, 0.2) is 12.7 Å². The second kappa shape index (κ2) is 4.59. The zero-order valence-electron chi connectivity index (χ0n) is 7.97. The molecule has 13 heavy (non-hydrogen) atoms. The van der Waals surface area contributed by atoms with E-state index in [9.17, 15) is 4.79 Å². The molecule has 5 heteroatoms. The van der Waals surface area contributed by atoms with E-state index in [4.69, 9.17) is 0 Å². The van der Waals surface area contributed by atoms with Crippen LogP contribution in [0.2, 0.25) is 0 Å². The second-order valence-corrected chi connectivity index (χ2v) is 2.83. The number of amides is 1. The number of carbonyl (C=O) groups is 1. The molecule has 0 aliphatic carbocycles. The Morgan fingerprint density at radius 3 is 2.92 bits per heavy atom. The minimum Gasteiger partial charge on any atom is -0.344 e. The molecule has 0 atom stereocenters. The Hall–Kier alpha value is -1.39. The van der Waals surface area contributed by atoms with Gasteiger partial charge in [0.05, 0.1) is 6.54 Å². The van der Waals surface area contributed by atoms with E-state index in [1.54, 1.807) is 23.0 Å². The van der Waals surface area contributed by atoms with Gasteiger partial charge >= 0.3 is 0 Å². The number of carbonyl (C=O) groups excluding carboxylic acids is 1. The van der Waals surface area contributed by atoms with Crippen LogP contribution in [0.1, 0.15) is 13.3 Å². The van der Waals surface area contributed by atoms with Gasteiger partial charge in [0.2, 0.25) is 5.91 Å². The van der Waals surface area contributed by atoms with Crippen molar-refractivity contribution in [3.05, 3.63) is 12.7 Å². The first-order valence-electron chi connectivity index (χ1n) is 4.30. The Kier molecular flexibility index (Phi) is 3.42. The van der Waals surface area contributed by atoms with Crippen molar-refractivity contribution in [3.8, 4) is 0 Å². The zero-order chi connectivity index (χ0) is 9.68. The van der Waals surface area contributed by atoms with Gasteiger partial charge in [0.25, 0.3) is 0 Å². The number of nitrogens with zero attached hydrogens (tertiary/aromatic N) is 4. The van der Waals surface area contributed by atoms with E-state index in [-0.39, 0.29) is 5.91 Å². The fourth-order valence-corrected chi connectivity index (χ4v) is 0.995. The van der Waals surface area contributed by atoms with Crippen molar-refractivity contribution in [1.82, 2.24) is 19.7 Å². The van der Waals surface area contributed by atoms with Gasteiger partial charge in [-0.3, -0.25) is 9.48 Å². The third-order valence-electron chi connectivity index (χ3n) is 1.86. The SMILES string of the molecule is CCC(=O)N(C)CCn1cncn1. The summed E-state index contributed by atoms with van der Waals surface area (Å²) in [4.78, 5) is 16.7. The summed E-state index contributed by atoms with van der Waals surface area (Å²) in [5, 5.41) is 3.94. The molecule has 1 aromatic rings. The summed E-state index contributed by atoms with van der Waals surface area (Å²) in [5.41, 5.74) is 0. The van der Waals surface area contributed by atoms with Crippen LogP contribution >= 0.6 is 0 Å². The maximum absolute atomic E-state index is 11.2. The highest BCUT2D eigenvalue weighted by atomic mass is 16.2. The molecule has 0 aliphatic rings. The molecule has 0 bridgehead atoms. The minimum atomic E-state index is 0.153. The lowest BCUT2D eigenvalue weighted by Gasteiger charge is -2.15. The summed E-state index contributed by atoms with van der Waals surface area (Å²) in [5.74, 6) is 0.153. The molecule has 0 radical (unpaired) electrons. The van der Waals surface area contributed by atoms with Crippen LogP contribution in [0, 0.1) is 0 Å². The molecule has 1 amide bonds. The molecule has 1 rings (SSSR count). The highest BCUT2D eigenvalue weighted by Crippen LogP contribution is 1.90. The van der Waals surface area contributed by atoms with Gasteiger partial charge in [-0.25, -0.2) is 4.98 Å². The maximum Gasteiger partial charge on any atom is 0.222 e. The van der Waals surface area contributed by atoms with Gasteiger partial charge in [-0.1, -0.05) is 6.92 Å².